The Kier molecular flexibility index (Phi) is 6.44. The first kappa shape index (κ1) is 18.5. The minimum Gasteiger partial charge on any atom is -0.482 e. The molecule has 0 saturated carbocycles. The maximum atomic E-state index is 12.0. The van der Waals surface area contributed by atoms with Crippen molar-refractivity contribution in [2.75, 3.05) is 39.5 Å². The van der Waals surface area contributed by atoms with Crippen molar-refractivity contribution in [2.24, 2.45) is 0 Å². The number of rotatable bonds is 6. The number of morpholine rings is 1. The second-order valence-corrected chi connectivity index (χ2v) is 6.64. The summed E-state index contributed by atoms with van der Waals surface area (Å²) in [6, 6.07) is 6.69. The van der Waals surface area contributed by atoms with Crippen LogP contribution in [0.4, 0.5) is 0 Å². The van der Waals surface area contributed by atoms with Crippen LogP contribution in [0.25, 0.3) is 0 Å². The third kappa shape index (κ3) is 5.10. The fourth-order valence-corrected chi connectivity index (χ4v) is 2.71. The summed E-state index contributed by atoms with van der Waals surface area (Å²) in [7, 11) is 0. The molecule has 0 aliphatic carbocycles. The summed E-state index contributed by atoms with van der Waals surface area (Å²) in [4.78, 5) is 14.3. The Morgan fingerprint density at radius 3 is 2.79 bits per heavy atom. The Balaban J connectivity index is 1.80. The first-order valence-electron chi connectivity index (χ1n) is 7.84. The van der Waals surface area contributed by atoms with Crippen molar-refractivity contribution < 1.29 is 14.3 Å². The highest BCUT2D eigenvalue weighted by Crippen LogP contribution is 2.25. The molecular weight excluding hydrogens is 330 g/mol. The SMILES string of the molecule is CC(C)(CNC(=O)COc1ccc(C#N)cc1Cl)N1CCOCC1. The van der Waals surface area contributed by atoms with E-state index in [9.17, 15) is 4.79 Å². The van der Waals surface area contributed by atoms with Crippen LogP contribution in [0.2, 0.25) is 5.02 Å². The summed E-state index contributed by atoms with van der Waals surface area (Å²) in [6.07, 6.45) is 0. The Labute approximate surface area is 147 Å². The number of nitrogens with one attached hydrogen (secondary N) is 1. The van der Waals surface area contributed by atoms with Crippen molar-refractivity contribution in [1.82, 2.24) is 10.2 Å². The number of hydrogen-bond acceptors (Lipinski definition) is 5. The molecule has 0 spiro atoms. The number of carbonyl (C=O) groups excluding carboxylic acids is 1. The molecule has 1 aliphatic rings. The third-order valence-corrected chi connectivity index (χ3v) is 4.30. The van der Waals surface area contributed by atoms with Crippen LogP contribution in [0, 0.1) is 11.3 Å². The lowest BCUT2D eigenvalue weighted by atomic mass is 10.0. The highest BCUT2D eigenvalue weighted by molar-refractivity contribution is 6.32. The van der Waals surface area contributed by atoms with Gasteiger partial charge in [-0.05, 0) is 32.0 Å². The minimum atomic E-state index is -0.211. The predicted octanol–water partition coefficient (Wildman–Crippen LogP) is 1.82. The van der Waals surface area contributed by atoms with Gasteiger partial charge in [-0.25, -0.2) is 0 Å². The van der Waals surface area contributed by atoms with Crippen LogP contribution in [0.15, 0.2) is 18.2 Å². The number of hydrogen-bond donors (Lipinski definition) is 1. The zero-order chi connectivity index (χ0) is 17.6. The van der Waals surface area contributed by atoms with Gasteiger partial charge < -0.3 is 14.8 Å². The molecule has 1 aliphatic heterocycles. The second-order valence-electron chi connectivity index (χ2n) is 6.23. The van der Waals surface area contributed by atoms with Crippen LogP contribution in [0.5, 0.6) is 5.75 Å². The van der Waals surface area contributed by atoms with E-state index in [4.69, 9.17) is 26.3 Å². The summed E-state index contributed by atoms with van der Waals surface area (Å²) in [5.41, 5.74) is 0.301. The average Bonchev–Trinajstić information content (AvgIpc) is 2.59. The van der Waals surface area contributed by atoms with E-state index in [1.165, 1.54) is 6.07 Å². The maximum absolute atomic E-state index is 12.0. The largest absolute Gasteiger partial charge is 0.482 e. The number of ether oxygens (including phenoxy) is 2. The first-order chi connectivity index (χ1) is 11.4. The Hall–Kier alpha value is -1.81. The molecule has 7 heteroatoms. The number of nitrogens with zero attached hydrogens (tertiary/aromatic N) is 2. The highest BCUT2D eigenvalue weighted by Gasteiger charge is 2.28. The van der Waals surface area contributed by atoms with E-state index in [1.807, 2.05) is 6.07 Å². The van der Waals surface area contributed by atoms with E-state index >= 15 is 0 Å². The number of amides is 1. The van der Waals surface area contributed by atoms with Gasteiger partial charge in [0.25, 0.3) is 5.91 Å². The highest BCUT2D eigenvalue weighted by atomic mass is 35.5. The van der Waals surface area contributed by atoms with Crippen LogP contribution in [0.3, 0.4) is 0 Å². The molecule has 0 atom stereocenters. The second kappa shape index (κ2) is 8.34. The lowest BCUT2D eigenvalue weighted by Gasteiger charge is -2.40. The summed E-state index contributed by atoms with van der Waals surface area (Å²) >= 11 is 6.02. The van der Waals surface area contributed by atoms with Crippen molar-refractivity contribution in [3.63, 3.8) is 0 Å². The minimum absolute atomic E-state index is 0.120. The molecule has 1 saturated heterocycles. The molecule has 0 unspecified atom stereocenters. The van der Waals surface area contributed by atoms with Crippen LogP contribution in [0.1, 0.15) is 19.4 Å². The molecular formula is C17H22ClN3O3. The summed E-state index contributed by atoms with van der Waals surface area (Å²) < 4.78 is 10.8. The number of benzene rings is 1. The number of carbonyl (C=O) groups is 1. The van der Waals surface area contributed by atoms with Crippen LogP contribution in [-0.4, -0.2) is 55.8 Å². The van der Waals surface area contributed by atoms with Crippen molar-refractivity contribution in [1.29, 1.82) is 5.26 Å². The molecule has 2 rings (SSSR count). The molecule has 1 aromatic rings. The summed E-state index contributed by atoms with van der Waals surface area (Å²) in [5, 5.41) is 12.0. The van der Waals surface area contributed by atoms with Gasteiger partial charge >= 0.3 is 0 Å². The molecule has 1 heterocycles. The van der Waals surface area contributed by atoms with Gasteiger partial charge in [0.05, 0.1) is 29.9 Å². The van der Waals surface area contributed by atoms with Gasteiger partial charge in [0.1, 0.15) is 5.75 Å². The lowest BCUT2D eigenvalue weighted by molar-refractivity contribution is -0.123. The number of halogens is 1. The molecule has 1 aromatic carbocycles. The van der Waals surface area contributed by atoms with E-state index in [-0.39, 0.29) is 18.1 Å². The molecule has 0 bridgehead atoms. The van der Waals surface area contributed by atoms with Crippen LogP contribution >= 0.6 is 11.6 Å². The van der Waals surface area contributed by atoms with E-state index in [1.54, 1.807) is 12.1 Å². The van der Waals surface area contributed by atoms with Gasteiger partial charge in [-0.2, -0.15) is 5.26 Å². The van der Waals surface area contributed by atoms with Gasteiger partial charge in [0.2, 0.25) is 0 Å². The molecule has 6 nitrogen and oxygen atoms in total. The zero-order valence-electron chi connectivity index (χ0n) is 14.0. The standard InChI is InChI=1S/C17H22ClN3O3/c1-17(2,21-5-7-23-8-6-21)12-20-16(22)11-24-15-4-3-13(10-19)9-14(15)18/h3-4,9H,5-8,11-12H2,1-2H3,(H,20,22). The molecule has 0 aromatic heterocycles. The molecule has 130 valence electrons. The van der Waals surface area contributed by atoms with Gasteiger partial charge in [-0.1, -0.05) is 11.6 Å². The molecule has 1 N–H and O–H groups in total. The zero-order valence-corrected chi connectivity index (χ0v) is 14.7. The van der Waals surface area contributed by atoms with Crippen molar-refractivity contribution in [2.45, 2.75) is 19.4 Å². The average molecular weight is 352 g/mol. The monoisotopic (exact) mass is 351 g/mol. The van der Waals surface area contributed by atoms with E-state index in [0.717, 1.165) is 26.3 Å². The smallest absolute Gasteiger partial charge is 0.258 e. The van der Waals surface area contributed by atoms with Gasteiger partial charge in [-0.3, -0.25) is 9.69 Å². The lowest BCUT2D eigenvalue weighted by Crippen LogP contribution is -2.55. The van der Waals surface area contributed by atoms with Crippen molar-refractivity contribution in [3.05, 3.63) is 28.8 Å². The van der Waals surface area contributed by atoms with E-state index < -0.39 is 0 Å². The van der Waals surface area contributed by atoms with Crippen LogP contribution < -0.4 is 10.1 Å². The number of nitriles is 1. The quantitative estimate of drug-likeness (QED) is 0.846. The molecule has 0 radical (unpaired) electrons. The van der Waals surface area contributed by atoms with Crippen molar-refractivity contribution >= 4 is 17.5 Å². The third-order valence-electron chi connectivity index (χ3n) is 4.01. The molecule has 1 fully saturated rings. The normalized spacial score (nSPS) is 15.6. The Bertz CT molecular complexity index is 622. The van der Waals surface area contributed by atoms with Crippen LogP contribution in [-0.2, 0) is 9.53 Å². The predicted molar refractivity (Wildman–Crippen MR) is 91.1 cm³/mol. The van der Waals surface area contributed by atoms with E-state index in [2.05, 4.69) is 24.1 Å². The first-order valence-corrected chi connectivity index (χ1v) is 8.22. The van der Waals surface area contributed by atoms with Gasteiger partial charge in [-0.15, -0.1) is 0 Å². The Morgan fingerprint density at radius 1 is 1.46 bits per heavy atom. The van der Waals surface area contributed by atoms with Gasteiger partial charge in [0, 0.05) is 25.2 Å². The Morgan fingerprint density at radius 2 is 2.17 bits per heavy atom. The fourth-order valence-electron chi connectivity index (χ4n) is 2.48. The summed E-state index contributed by atoms with van der Waals surface area (Å²) in [6.45, 7) is 7.75. The fraction of sp³-hybridized carbons (Fsp3) is 0.529. The maximum Gasteiger partial charge on any atom is 0.258 e. The topological polar surface area (TPSA) is 74.6 Å². The van der Waals surface area contributed by atoms with Crippen molar-refractivity contribution in [3.8, 4) is 11.8 Å². The van der Waals surface area contributed by atoms with Gasteiger partial charge in [0.15, 0.2) is 6.61 Å². The van der Waals surface area contributed by atoms with E-state index in [0.29, 0.717) is 22.9 Å². The molecule has 1 amide bonds. The summed E-state index contributed by atoms with van der Waals surface area (Å²) in [5.74, 6) is 0.176. The molecule has 24 heavy (non-hydrogen) atoms.